The van der Waals surface area contributed by atoms with Crippen LogP contribution < -0.4 is 5.32 Å². The van der Waals surface area contributed by atoms with Crippen LogP contribution >= 0.6 is 11.6 Å². The van der Waals surface area contributed by atoms with E-state index in [0.717, 1.165) is 11.6 Å². The van der Waals surface area contributed by atoms with Crippen molar-refractivity contribution in [2.45, 2.75) is 19.9 Å². The summed E-state index contributed by atoms with van der Waals surface area (Å²) in [5, 5.41) is 13.6. The molecule has 5 nitrogen and oxygen atoms in total. The molecule has 0 saturated heterocycles. The van der Waals surface area contributed by atoms with Crippen molar-refractivity contribution in [3.8, 4) is 0 Å². The van der Waals surface area contributed by atoms with Gasteiger partial charge in [-0.05, 0) is 29.7 Å². The van der Waals surface area contributed by atoms with Crippen molar-refractivity contribution >= 4 is 23.2 Å². The van der Waals surface area contributed by atoms with Crippen molar-refractivity contribution in [2.24, 2.45) is 5.92 Å². The third-order valence-electron chi connectivity index (χ3n) is 3.59. The lowest BCUT2D eigenvalue weighted by molar-refractivity contribution is -0.384. The number of nitrogens with zero attached hydrogens (tertiary/aromatic N) is 1. The molecule has 0 aliphatic carbocycles. The molecule has 1 atom stereocenters. The van der Waals surface area contributed by atoms with Crippen LogP contribution in [0.3, 0.4) is 0 Å². The predicted molar refractivity (Wildman–Crippen MR) is 89.6 cm³/mol. The first kappa shape index (κ1) is 17.9. The van der Waals surface area contributed by atoms with Crippen LogP contribution in [-0.4, -0.2) is 10.8 Å². The lowest BCUT2D eigenvalue weighted by Crippen LogP contribution is -2.32. The molecular formula is C17H16ClFN2O3. The summed E-state index contributed by atoms with van der Waals surface area (Å²) in [5.41, 5.74) is 0.725. The van der Waals surface area contributed by atoms with Crippen LogP contribution in [0.4, 0.5) is 10.1 Å². The molecule has 0 fully saturated rings. The Labute approximate surface area is 143 Å². The second-order valence-electron chi connectivity index (χ2n) is 5.67. The van der Waals surface area contributed by atoms with Gasteiger partial charge in [-0.15, -0.1) is 0 Å². The molecule has 0 aliphatic heterocycles. The molecule has 2 aromatic rings. The van der Waals surface area contributed by atoms with Crippen molar-refractivity contribution in [1.82, 2.24) is 5.32 Å². The molecule has 0 aromatic heterocycles. The van der Waals surface area contributed by atoms with Crippen LogP contribution in [0.25, 0.3) is 0 Å². The van der Waals surface area contributed by atoms with Crippen molar-refractivity contribution in [2.75, 3.05) is 0 Å². The number of rotatable bonds is 5. The molecule has 24 heavy (non-hydrogen) atoms. The third-order valence-corrected chi connectivity index (χ3v) is 3.90. The zero-order chi connectivity index (χ0) is 17.9. The molecule has 1 amide bonds. The van der Waals surface area contributed by atoms with E-state index < -0.39 is 10.8 Å². The fourth-order valence-electron chi connectivity index (χ4n) is 2.33. The molecule has 0 radical (unpaired) electrons. The number of halogens is 2. The summed E-state index contributed by atoms with van der Waals surface area (Å²) in [6.45, 7) is 3.84. The minimum absolute atomic E-state index is 0.00307. The highest BCUT2D eigenvalue weighted by atomic mass is 35.5. The minimum atomic E-state index is -0.580. The van der Waals surface area contributed by atoms with Gasteiger partial charge in [0, 0.05) is 12.1 Å². The number of carbonyl (C=O) groups is 1. The summed E-state index contributed by atoms with van der Waals surface area (Å²) in [7, 11) is 0. The number of hydrogen-bond donors (Lipinski definition) is 1. The average molecular weight is 351 g/mol. The molecule has 7 heteroatoms. The molecule has 0 aliphatic rings. The predicted octanol–water partition coefficient (Wildman–Crippen LogP) is 4.51. The molecule has 0 unspecified atom stereocenters. The first-order valence-corrected chi connectivity index (χ1v) is 7.67. The van der Waals surface area contributed by atoms with Gasteiger partial charge in [-0.1, -0.05) is 37.6 Å². The number of amides is 1. The van der Waals surface area contributed by atoms with Crippen molar-refractivity contribution in [3.63, 3.8) is 0 Å². The van der Waals surface area contributed by atoms with Gasteiger partial charge in [-0.25, -0.2) is 4.39 Å². The smallest absolute Gasteiger partial charge is 0.270 e. The number of hydrogen-bond acceptors (Lipinski definition) is 3. The maximum absolute atomic E-state index is 13.1. The van der Waals surface area contributed by atoms with E-state index >= 15 is 0 Å². The topological polar surface area (TPSA) is 72.2 Å². The van der Waals surface area contributed by atoms with Gasteiger partial charge < -0.3 is 5.32 Å². The quantitative estimate of drug-likeness (QED) is 0.636. The largest absolute Gasteiger partial charge is 0.345 e. The summed E-state index contributed by atoms with van der Waals surface area (Å²) < 4.78 is 13.1. The fourth-order valence-corrected chi connectivity index (χ4v) is 2.59. The molecule has 0 heterocycles. The number of benzene rings is 2. The number of nitro benzene ring substituents is 1. The fraction of sp³-hybridized carbons (Fsp3) is 0.235. The van der Waals surface area contributed by atoms with Crippen molar-refractivity contribution < 1.29 is 14.1 Å². The lowest BCUT2D eigenvalue weighted by Gasteiger charge is -2.23. The van der Waals surface area contributed by atoms with Gasteiger partial charge in [0.05, 0.1) is 21.6 Å². The Morgan fingerprint density at radius 3 is 2.33 bits per heavy atom. The first-order valence-electron chi connectivity index (χ1n) is 7.30. The Balaban J connectivity index is 2.25. The van der Waals surface area contributed by atoms with Gasteiger partial charge in [-0.2, -0.15) is 0 Å². The van der Waals surface area contributed by atoms with Gasteiger partial charge in [0.25, 0.3) is 11.6 Å². The van der Waals surface area contributed by atoms with Gasteiger partial charge in [0.15, 0.2) is 0 Å². The van der Waals surface area contributed by atoms with Gasteiger partial charge in [0.1, 0.15) is 5.82 Å². The Morgan fingerprint density at radius 1 is 1.21 bits per heavy atom. The lowest BCUT2D eigenvalue weighted by atomic mass is 9.95. The SMILES string of the molecule is CC(C)[C@H](NC(=O)c1ccc([N+](=O)[O-])cc1Cl)c1ccc(F)cc1. The van der Waals surface area contributed by atoms with Gasteiger partial charge in [0.2, 0.25) is 0 Å². The van der Waals surface area contributed by atoms with Crippen LogP contribution in [0.1, 0.15) is 35.8 Å². The molecule has 0 spiro atoms. The Morgan fingerprint density at radius 2 is 1.83 bits per heavy atom. The molecule has 0 bridgehead atoms. The van der Waals surface area contributed by atoms with Crippen molar-refractivity contribution in [3.05, 3.63) is 74.5 Å². The molecule has 2 rings (SSSR count). The van der Waals surface area contributed by atoms with E-state index in [1.807, 2.05) is 13.8 Å². The molecule has 1 N–H and O–H groups in total. The normalized spacial score (nSPS) is 12.0. The highest BCUT2D eigenvalue weighted by Crippen LogP contribution is 2.26. The zero-order valence-corrected chi connectivity index (χ0v) is 13.9. The van der Waals surface area contributed by atoms with E-state index in [0.29, 0.717) is 0 Å². The monoisotopic (exact) mass is 350 g/mol. The van der Waals surface area contributed by atoms with Crippen LogP contribution in [0.5, 0.6) is 0 Å². The van der Waals surface area contributed by atoms with E-state index in [4.69, 9.17) is 11.6 Å². The highest BCUT2D eigenvalue weighted by molar-refractivity contribution is 6.34. The molecular weight excluding hydrogens is 335 g/mol. The van der Waals surface area contributed by atoms with Gasteiger partial charge >= 0.3 is 0 Å². The van der Waals surface area contributed by atoms with Crippen molar-refractivity contribution in [1.29, 1.82) is 0 Å². The van der Waals surface area contributed by atoms with Crippen LogP contribution in [0.15, 0.2) is 42.5 Å². The second-order valence-corrected chi connectivity index (χ2v) is 6.08. The minimum Gasteiger partial charge on any atom is -0.345 e. The Kier molecular flexibility index (Phi) is 5.51. The Bertz CT molecular complexity index is 763. The summed E-state index contributed by atoms with van der Waals surface area (Å²) in [4.78, 5) is 22.6. The summed E-state index contributed by atoms with van der Waals surface area (Å²) in [6.07, 6.45) is 0. The third kappa shape index (κ3) is 4.08. The van der Waals surface area contributed by atoms with Crippen LogP contribution in [0.2, 0.25) is 5.02 Å². The summed E-state index contributed by atoms with van der Waals surface area (Å²) >= 11 is 5.98. The number of nitrogens with one attached hydrogen (secondary N) is 1. The number of non-ortho nitro benzene ring substituents is 1. The van der Waals surface area contributed by atoms with Crippen LogP contribution in [-0.2, 0) is 0 Å². The second kappa shape index (κ2) is 7.40. The van der Waals surface area contributed by atoms with Gasteiger partial charge in [-0.3, -0.25) is 14.9 Å². The first-order chi connectivity index (χ1) is 11.3. The van der Waals surface area contributed by atoms with E-state index in [9.17, 15) is 19.3 Å². The van der Waals surface area contributed by atoms with E-state index in [2.05, 4.69) is 5.32 Å². The molecule has 0 saturated carbocycles. The maximum atomic E-state index is 13.1. The van der Waals surface area contributed by atoms with E-state index in [1.165, 1.54) is 24.3 Å². The molecule has 2 aromatic carbocycles. The number of nitro groups is 1. The van der Waals surface area contributed by atoms with E-state index in [1.54, 1.807) is 12.1 Å². The molecule has 126 valence electrons. The highest BCUT2D eigenvalue weighted by Gasteiger charge is 2.21. The number of carbonyl (C=O) groups excluding carboxylic acids is 1. The maximum Gasteiger partial charge on any atom is 0.270 e. The summed E-state index contributed by atoms with van der Waals surface area (Å²) in [6, 6.07) is 9.21. The Hall–Kier alpha value is -2.47. The average Bonchev–Trinajstić information content (AvgIpc) is 2.53. The standard InChI is InChI=1S/C17H16ClFN2O3/c1-10(2)16(11-3-5-12(19)6-4-11)20-17(22)14-8-7-13(21(23)24)9-15(14)18/h3-10,16H,1-2H3,(H,20,22)/t16-/m0/s1. The van der Waals surface area contributed by atoms with E-state index in [-0.39, 0.29) is 34.1 Å². The van der Waals surface area contributed by atoms with Crippen LogP contribution in [0, 0.1) is 21.8 Å². The zero-order valence-electron chi connectivity index (χ0n) is 13.1. The summed E-state index contributed by atoms with van der Waals surface area (Å²) in [5.74, 6) is -0.750.